The summed E-state index contributed by atoms with van der Waals surface area (Å²) in [4.78, 5) is 0. The van der Waals surface area contributed by atoms with E-state index in [-0.39, 0.29) is 35.6 Å². The van der Waals surface area contributed by atoms with Crippen molar-refractivity contribution >= 4 is 26.4 Å². The first kappa shape index (κ1) is 48.3. The van der Waals surface area contributed by atoms with Crippen LogP contribution in [0.25, 0.3) is 11.1 Å². The molecule has 0 heterocycles. The van der Waals surface area contributed by atoms with Crippen LogP contribution in [0.3, 0.4) is 0 Å². The molecule has 0 spiro atoms. The molecule has 288 valence electrons. The number of fused-ring (bicyclic) bond motifs is 3. The quantitative estimate of drug-likeness (QED) is 0.153. The Kier molecular flexibility index (Phi) is 17.9. The standard InChI is InChI=1S/C23H29.C13H8Cl2.C13H21.2ClH.Zr/c1-14-9-16-11-17-10-15(2)21(23(6,7)8)13-19(17)18(16)12-20(14)22(3,4)5;14-12-5-1-10(2-6-12)9-11-3-7-13(15)8-4-11;1-5-6-7-11-8-9-12(10-11)13(2,3)4;;;/h9,12-13H,11H2,1-8H3;1-8H;8-10H,5-7H2,1-4H3;2*1H;/q-1;;-1;;;+2/p-2. The summed E-state index contributed by atoms with van der Waals surface area (Å²) >= 11 is 13.1. The van der Waals surface area contributed by atoms with E-state index in [4.69, 9.17) is 23.2 Å². The molecule has 0 bridgehead atoms. The van der Waals surface area contributed by atoms with Gasteiger partial charge in [-0.1, -0.05) is 124 Å². The molecule has 5 aromatic carbocycles. The predicted molar refractivity (Wildman–Crippen MR) is 226 cm³/mol. The third-order valence-electron chi connectivity index (χ3n) is 9.85. The van der Waals surface area contributed by atoms with E-state index in [1.807, 2.05) is 48.5 Å². The number of benzene rings is 4. The van der Waals surface area contributed by atoms with Crippen LogP contribution in [0.15, 0.2) is 84.9 Å². The third kappa shape index (κ3) is 12.8. The van der Waals surface area contributed by atoms with Crippen molar-refractivity contribution in [2.75, 3.05) is 0 Å². The van der Waals surface area contributed by atoms with Crippen molar-refractivity contribution < 1.29 is 49.0 Å². The average Bonchev–Trinajstić information content (AvgIpc) is 3.67. The van der Waals surface area contributed by atoms with Gasteiger partial charge < -0.3 is 24.8 Å². The molecule has 6 rings (SSSR count). The maximum Gasteiger partial charge on any atom is -1.00 e. The van der Waals surface area contributed by atoms with E-state index in [1.165, 1.54) is 113 Å². The molecule has 0 N–H and O–H groups in total. The average molecular weight is 880 g/mol. The van der Waals surface area contributed by atoms with Gasteiger partial charge in [-0.05, 0) is 35.4 Å². The fourth-order valence-electron chi connectivity index (χ4n) is 6.92. The molecule has 0 unspecified atom stereocenters. The van der Waals surface area contributed by atoms with Crippen molar-refractivity contribution in [1.29, 1.82) is 0 Å². The van der Waals surface area contributed by atoms with Crippen LogP contribution >= 0.6 is 23.2 Å². The Bertz CT molecular complexity index is 1860. The molecule has 0 saturated carbocycles. The first-order valence-electron chi connectivity index (χ1n) is 18.8. The summed E-state index contributed by atoms with van der Waals surface area (Å²) in [6.07, 6.45) is 4.87. The zero-order chi connectivity index (χ0) is 38.6. The van der Waals surface area contributed by atoms with Crippen molar-refractivity contribution in [2.45, 2.75) is 125 Å². The number of hydrogen-bond donors (Lipinski definition) is 0. The summed E-state index contributed by atoms with van der Waals surface area (Å²) in [6.45, 7) is 27.3. The Morgan fingerprint density at radius 3 is 1.65 bits per heavy atom. The minimum Gasteiger partial charge on any atom is -1.00 e. The van der Waals surface area contributed by atoms with Crippen LogP contribution in [0.1, 0.15) is 138 Å². The van der Waals surface area contributed by atoms with E-state index in [1.54, 1.807) is 0 Å². The molecule has 54 heavy (non-hydrogen) atoms. The molecule has 0 radical (unpaired) electrons. The van der Waals surface area contributed by atoms with Crippen LogP contribution in [0.5, 0.6) is 0 Å². The summed E-state index contributed by atoms with van der Waals surface area (Å²) in [6, 6.07) is 33.7. The zero-order valence-electron chi connectivity index (χ0n) is 34.4. The van der Waals surface area contributed by atoms with E-state index in [9.17, 15) is 0 Å². The zero-order valence-corrected chi connectivity index (χ0v) is 39.9. The van der Waals surface area contributed by atoms with Crippen molar-refractivity contribution in [3.05, 3.63) is 157 Å². The minimum atomic E-state index is 0. The van der Waals surface area contributed by atoms with Gasteiger partial charge in [-0.15, -0.1) is 16.7 Å². The molecule has 0 saturated heterocycles. The Hall–Kier alpha value is -1.86. The molecule has 1 aliphatic rings. The number of aryl methyl sites for hydroxylation is 3. The van der Waals surface area contributed by atoms with E-state index in [0.717, 1.165) is 16.5 Å². The van der Waals surface area contributed by atoms with Gasteiger partial charge in [-0.25, -0.2) is 6.07 Å². The molecule has 0 aliphatic heterocycles. The summed E-state index contributed by atoms with van der Waals surface area (Å²) in [7, 11) is 0. The van der Waals surface area contributed by atoms with Gasteiger partial charge in [0.1, 0.15) is 0 Å². The molecule has 0 amide bonds. The fraction of sp³-hybridized carbons (Fsp3) is 0.388. The third-order valence-corrected chi connectivity index (χ3v) is 11.8. The second-order valence-corrected chi connectivity index (χ2v) is 19.6. The number of unbranched alkanes of at least 4 members (excludes halogenated alkanes) is 1. The predicted octanol–water partition coefficient (Wildman–Crippen LogP) is 8.43. The fourth-order valence-corrected chi connectivity index (χ4v) is 7.99. The SMILES string of the molecule is CCCCc1cc(C(C)(C)C)c[cH-]1.Cc1[c-]c2c(cc1C(C)(C)C)-c1cc(C(C)(C)C)c(C)cc1C2.Clc1ccc([C](=[Zr+2])c2ccc(Cl)cc2)cc1.[Cl-].[Cl-]. The molecule has 0 atom stereocenters. The van der Waals surface area contributed by atoms with Gasteiger partial charge in [0.15, 0.2) is 0 Å². The van der Waals surface area contributed by atoms with Crippen LogP contribution in [0, 0.1) is 19.9 Å². The van der Waals surface area contributed by atoms with Gasteiger partial charge >= 0.3 is 120 Å². The molecule has 0 aromatic heterocycles. The van der Waals surface area contributed by atoms with Gasteiger partial charge in [-0.2, -0.15) is 41.0 Å². The van der Waals surface area contributed by atoms with Crippen LogP contribution in [0.4, 0.5) is 0 Å². The molecule has 5 aromatic rings. The molecule has 0 nitrogen and oxygen atoms in total. The molecule has 0 fully saturated rings. The Morgan fingerprint density at radius 2 is 1.20 bits per heavy atom. The van der Waals surface area contributed by atoms with Gasteiger partial charge in [-0.3, -0.25) is 0 Å². The topological polar surface area (TPSA) is 0 Å². The normalized spacial score (nSPS) is 11.9. The van der Waals surface area contributed by atoms with Gasteiger partial charge in [0.2, 0.25) is 0 Å². The van der Waals surface area contributed by atoms with Gasteiger partial charge in [0.25, 0.3) is 0 Å². The second-order valence-electron chi connectivity index (χ2n) is 17.5. The van der Waals surface area contributed by atoms with Crippen LogP contribution in [-0.4, -0.2) is 3.21 Å². The van der Waals surface area contributed by atoms with Crippen molar-refractivity contribution in [3.63, 3.8) is 0 Å². The van der Waals surface area contributed by atoms with Crippen molar-refractivity contribution in [1.82, 2.24) is 0 Å². The number of rotatable bonds is 5. The van der Waals surface area contributed by atoms with Crippen molar-refractivity contribution in [2.24, 2.45) is 0 Å². The van der Waals surface area contributed by atoms with Crippen LogP contribution in [0.2, 0.25) is 10.0 Å². The van der Waals surface area contributed by atoms with E-state index < -0.39 is 0 Å². The maximum absolute atomic E-state index is 5.86. The smallest absolute Gasteiger partial charge is 1.00 e. The Labute approximate surface area is 365 Å². The molecule has 5 heteroatoms. The number of hydrogen-bond acceptors (Lipinski definition) is 0. The van der Waals surface area contributed by atoms with Gasteiger partial charge in [0, 0.05) is 0 Å². The van der Waals surface area contributed by atoms with Crippen LogP contribution in [-0.2, 0) is 53.3 Å². The molecular weight excluding hydrogens is 822 g/mol. The van der Waals surface area contributed by atoms with Crippen LogP contribution < -0.4 is 24.8 Å². The first-order chi connectivity index (χ1) is 24.2. The van der Waals surface area contributed by atoms with E-state index in [2.05, 4.69) is 126 Å². The first-order valence-corrected chi connectivity index (χ1v) is 20.7. The van der Waals surface area contributed by atoms with E-state index >= 15 is 0 Å². The van der Waals surface area contributed by atoms with Crippen molar-refractivity contribution in [3.8, 4) is 11.1 Å². The minimum absolute atomic E-state index is 0. The molecular formula is C49H58Cl4Zr-2. The second kappa shape index (κ2) is 20.0. The van der Waals surface area contributed by atoms with E-state index in [0.29, 0.717) is 5.41 Å². The van der Waals surface area contributed by atoms with Gasteiger partial charge in [0.05, 0.1) is 0 Å². The summed E-state index contributed by atoms with van der Waals surface area (Å²) in [5, 5.41) is 1.53. The molecule has 1 aliphatic carbocycles. The largest absolute Gasteiger partial charge is 1.00 e. The Morgan fingerprint density at radius 1 is 0.704 bits per heavy atom. The summed E-state index contributed by atoms with van der Waals surface area (Å²) in [5.74, 6) is 0. The summed E-state index contributed by atoms with van der Waals surface area (Å²) < 4.78 is 1.31. The Balaban J connectivity index is 0.000000288. The monoisotopic (exact) mass is 876 g/mol. The summed E-state index contributed by atoms with van der Waals surface area (Å²) in [5.41, 5.74) is 17.3. The number of halogens is 4. The maximum atomic E-state index is 5.86.